The van der Waals surface area contributed by atoms with Crippen molar-refractivity contribution in [2.45, 2.75) is 122 Å². The fraction of sp³-hybridized carbons (Fsp3) is 0.893. The lowest BCUT2D eigenvalue weighted by molar-refractivity contribution is -0.198. The van der Waals surface area contributed by atoms with Gasteiger partial charge in [-0.2, -0.15) is 0 Å². The Labute approximate surface area is 214 Å². The lowest BCUT2D eigenvalue weighted by Gasteiger charge is -2.38. The minimum Gasteiger partial charge on any atom is -0.460 e. The Bertz CT molecular complexity index is 694. The van der Waals surface area contributed by atoms with Gasteiger partial charge in [0, 0.05) is 31.6 Å². The highest BCUT2D eigenvalue weighted by atomic mass is 28.4. The molecule has 0 aromatic heterocycles. The molecule has 6 nitrogen and oxygen atoms in total. The summed E-state index contributed by atoms with van der Waals surface area (Å²) in [4.78, 5) is 11.8. The van der Waals surface area contributed by atoms with E-state index < -0.39 is 8.32 Å². The molecule has 7 heteroatoms. The summed E-state index contributed by atoms with van der Waals surface area (Å²) in [5.74, 6) is 0.925. The SMILES string of the molecule is CC(C)OC(=O)/C=C/C[C@H]1CC[C@@H]2[C@@H](CO[Si](C)(C)C(C)(C)C)[C@H](OC3CCCCO3)C[C@@H]2OC1. The van der Waals surface area contributed by atoms with Crippen molar-refractivity contribution in [3.8, 4) is 0 Å². The number of rotatable bonds is 9. The van der Waals surface area contributed by atoms with E-state index in [4.69, 9.17) is 23.4 Å². The zero-order chi connectivity index (χ0) is 25.6. The summed E-state index contributed by atoms with van der Waals surface area (Å²) in [5, 5.41) is 0.182. The summed E-state index contributed by atoms with van der Waals surface area (Å²) >= 11 is 0. The van der Waals surface area contributed by atoms with Crippen LogP contribution in [0.5, 0.6) is 0 Å². The van der Waals surface area contributed by atoms with Crippen molar-refractivity contribution in [2.24, 2.45) is 17.8 Å². The van der Waals surface area contributed by atoms with E-state index in [2.05, 4.69) is 33.9 Å². The summed E-state index contributed by atoms with van der Waals surface area (Å²) in [5.41, 5.74) is 0. The second-order valence-electron chi connectivity index (χ2n) is 12.5. The zero-order valence-corrected chi connectivity index (χ0v) is 24.2. The molecule has 1 aliphatic carbocycles. The molecule has 6 atom stereocenters. The fourth-order valence-electron chi connectivity index (χ4n) is 5.23. The maximum atomic E-state index is 11.8. The Kier molecular flexibility index (Phi) is 10.4. The van der Waals surface area contributed by atoms with Crippen LogP contribution < -0.4 is 0 Å². The first-order valence-corrected chi connectivity index (χ1v) is 16.8. The molecule has 202 valence electrons. The normalized spacial score (nSPS) is 32.6. The monoisotopic (exact) mass is 510 g/mol. The average Bonchev–Trinajstić information content (AvgIpc) is 2.96. The van der Waals surface area contributed by atoms with Crippen molar-refractivity contribution in [1.29, 1.82) is 0 Å². The van der Waals surface area contributed by atoms with Gasteiger partial charge >= 0.3 is 5.97 Å². The summed E-state index contributed by atoms with van der Waals surface area (Å²) in [6, 6.07) is 0. The second-order valence-corrected chi connectivity index (χ2v) is 17.4. The molecule has 3 fully saturated rings. The molecule has 0 N–H and O–H groups in total. The lowest BCUT2D eigenvalue weighted by atomic mass is 9.87. The molecule has 3 rings (SSSR count). The molecule has 0 spiro atoms. The van der Waals surface area contributed by atoms with Crippen molar-refractivity contribution in [2.75, 3.05) is 19.8 Å². The van der Waals surface area contributed by atoms with E-state index in [1.54, 1.807) is 6.08 Å². The summed E-state index contributed by atoms with van der Waals surface area (Å²) in [7, 11) is -1.86. The third-order valence-electron chi connectivity index (χ3n) is 8.41. The van der Waals surface area contributed by atoms with Crippen LogP contribution in [0.25, 0.3) is 0 Å². The molecule has 2 aliphatic heterocycles. The molecule has 3 aliphatic rings. The average molecular weight is 511 g/mol. The molecule has 1 unspecified atom stereocenters. The standard InChI is InChI=1S/C28H50O6Si/c1-20(2)33-26(29)12-10-11-21-14-15-22-23(19-32-35(6,7)28(3,4)5)25(17-24(22)31-18-21)34-27-13-8-9-16-30-27/h10,12,20-25,27H,8-9,11,13-19H2,1-7H3/b12-10+/t21-,22+,23+,24-,25+,27?/m0/s1. The van der Waals surface area contributed by atoms with Crippen LogP contribution in [-0.2, 0) is 28.2 Å². The largest absolute Gasteiger partial charge is 0.460 e. The Balaban J connectivity index is 1.62. The van der Waals surface area contributed by atoms with Crippen LogP contribution in [0.15, 0.2) is 12.2 Å². The van der Waals surface area contributed by atoms with Gasteiger partial charge in [0.1, 0.15) is 0 Å². The Morgan fingerprint density at radius 2 is 1.89 bits per heavy atom. The number of fused-ring (bicyclic) bond motifs is 1. The van der Waals surface area contributed by atoms with Gasteiger partial charge in [-0.25, -0.2) is 4.79 Å². The maximum Gasteiger partial charge on any atom is 0.330 e. The van der Waals surface area contributed by atoms with Crippen LogP contribution in [0.2, 0.25) is 18.1 Å². The molecule has 0 aromatic carbocycles. The lowest BCUT2D eigenvalue weighted by Crippen LogP contribution is -2.44. The first kappa shape index (κ1) is 28.8. The predicted octanol–water partition coefficient (Wildman–Crippen LogP) is 6.25. The highest BCUT2D eigenvalue weighted by Gasteiger charge is 2.48. The van der Waals surface area contributed by atoms with E-state index in [9.17, 15) is 4.79 Å². The van der Waals surface area contributed by atoms with E-state index in [0.29, 0.717) is 17.8 Å². The van der Waals surface area contributed by atoms with Crippen LogP contribution in [-0.4, -0.2) is 58.7 Å². The van der Waals surface area contributed by atoms with Crippen molar-refractivity contribution >= 4 is 14.3 Å². The van der Waals surface area contributed by atoms with Crippen LogP contribution in [0, 0.1) is 17.8 Å². The smallest absolute Gasteiger partial charge is 0.330 e. The van der Waals surface area contributed by atoms with Crippen molar-refractivity contribution in [1.82, 2.24) is 0 Å². The van der Waals surface area contributed by atoms with Gasteiger partial charge in [-0.05, 0) is 82.3 Å². The molecule has 0 radical (unpaired) electrons. The molecule has 0 amide bonds. The van der Waals surface area contributed by atoms with Gasteiger partial charge in [-0.15, -0.1) is 0 Å². The van der Waals surface area contributed by atoms with Gasteiger partial charge < -0.3 is 23.4 Å². The highest BCUT2D eigenvalue weighted by Crippen LogP contribution is 2.45. The highest BCUT2D eigenvalue weighted by molar-refractivity contribution is 6.74. The molecule has 0 aromatic rings. The Morgan fingerprint density at radius 3 is 2.54 bits per heavy atom. The molecule has 35 heavy (non-hydrogen) atoms. The molecule has 2 heterocycles. The van der Waals surface area contributed by atoms with E-state index >= 15 is 0 Å². The summed E-state index contributed by atoms with van der Waals surface area (Å²) < 4.78 is 30.9. The topological polar surface area (TPSA) is 63.2 Å². The number of carbonyl (C=O) groups excluding carboxylic acids is 1. The van der Waals surface area contributed by atoms with Crippen LogP contribution in [0.1, 0.15) is 79.6 Å². The van der Waals surface area contributed by atoms with Gasteiger partial charge in [0.25, 0.3) is 0 Å². The number of ether oxygens (including phenoxy) is 4. The van der Waals surface area contributed by atoms with E-state index in [1.165, 1.54) is 6.42 Å². The van der Waals surface area contributed by atoms with Crippen LogP contribution in [0.3, 0.4) is 0 Å². The maximum absolute atomic E-state index is 11.8. The van der Waals surface area contributed by atoms with Gasteiger partial charge in [0.15, 0.2) is 14.6 Å². The Morgan fingerprint density at radius 1 is 1.11 bits per heavy atom. The van der Waals surface area contributed by atoms with E-state index in [0.717, 1.165) is 58.3 Å². The summed E-state index contributed by atoms with van der Waals surface area (Å²) in [6.45, 7) is 17.5. The van der Waals surface area contributed by atoms with Gasteiger partial charge in [0.05, 0.1) is 24.9 Å². The number of carbonyl (C=O) groups is 1. The van der Waals surface area contributed by atoms with E-state index in [-0.39, 0.29) is 35.6 Å². The quantitative estimate of drug-likeness (QED) is 0.208. The van der Waals surface area contributed by atoms with Gasteiger partial charge in [-0.3, -0.25) is 0 Å². The molecule has 1 saturated carbocycles. The first-order valence-electron chi connectivity index (χ1n) is 13.9. The molecule has 0 bridgehead atoms. The van der Waals surface area contributed by atoms with Crippen LogP contribution >= 0.6 is 0 Å². The zero-order valence-electron chi connectivity index (χ0n) is 23.2. The number of hydrogen-bond donors (Lipinski definition) is 0. The first-order chi connectivity index (χ1) is 16.5. The Hall–Kier alpha value is -0.733. The van der Waals surface area contributed by atoms with Crippen molar-refractivity contribution in [3.05, 3.63) is 12.2 Å². The van der Waals surface area contributed by atoms with Gasteiger partial charge in [0.2, 0.25) is 0 Å². The van der Waals surface area contributed by atoms with Crippen molar-refractivity contribution < 1.29 is 28.2 Å². The van der Waals surface area contributed by atoms with Crippen LogP contribution in [0.4, 0.5) is 0 Å². The fourth-order valence-corrected chi connectivity index (χ4v) is 6.27. The third kappa shape index (κ3) is 8.39. The van der Waals surface area contributed by atoms with Crippen molar-refractivity contribution in [3.63, 3.8) is 0 Å². The second kappa shape index (κ2) is 12.7. The number of hydrogen-bond acceptors (Lipinski definition) is 6. The van der Waals surface area contributed by atoms with Gasteiger partial charge in [-0.1, -0.05) is 26.8 Å². The summed E-state index contributed by atoms with van der Waals surface area (Å²) in [6.07, 6.45) is 10.9. The minimum absolute atomic E-state index is 0.0880. The number of allylic oxidation sites excluding steroid dienone is 1. The molecule has 2 saturated heterocycles. The number of esters is 1. The minimum atomic E-state index is -1.86. The third-order valence-corrected chi connectivity index (χ3v) is 12.9. The predicted molar refractivity (Wildman–Crippen MR) is 141 cm³/mol. The van der Waals surface area contributed by atoms with E-state index in [1.807, 2.05) is 19.9 Å². The molecular weight excluding hydrogens is 460 g/mol. The molecular formula is C28H50O6Si.